The Kier molecular flexibility index (Phi) is 7.43. The SMILES string of the molecule is COCCCN1C(=O)C(=O)/C(=C(/O)c2cc(C)cc(Cl)c2OC)C1c1ccc(OC)cc1. The van der Waals surface area contributed by atoms with Gasteiger partial charge in [-0.25, -0.2) is 0 Å². The monoisotopic (exact) mass is 459 g/mol. The van der Waals surface area contributed by atoms with E-state index in [1.54, 1.807) is 50.6 Å². The summed E-state index contributed by atoms with van der Waals surface area (Å²) in [6.45, 7) is 2.53. The molecule has 1 amide bonds. The Labute approximate surface area is 192 Å². The molecule has 2 aromatic rings. The summed E-state index contributed by atoms with van der Waals surface area (Å²) in [5.41, 5.74) is 1.68. The van der Waals surface area contributed by atoms with Crippen molar-refractivity contribution in [3.05, 3.63) is 63.7 Å². The van der Waals surface area contributed by atoms with Gasteiger partial charge in [-0.1, -0.05) is 23.7 Å². The molecular weight excluding hydrogens is 434 g/mol. The highest BCUT2D eigenvalue weighted by atomic mass is 35.5. The fraction of sp³-hybridized carbons (Fsp3) is 0.333. The van der Waals surface area contributed by atoms with E-state index < -0.39 is 17.7 Å². The lowest BCUT2D eigenvalue weighted by atomic mass is 9.94. The van der Waals surface area contributed by atoms with Crippen molar-refractivity contribution in [2.24, 2.45) is 0 Å². The molecule has 8 heteroatoms. The number of rotatable bonds is 8. The Morgan fingerprint density at radius 1 is 1.09 bits per heavy atom. The van der Waals surface area contributed by atoms with Crippen molar-refractivity contribution < 1.29 is 28.9 Å². The highest BCUT2D eigenvalue weighted by Gasteiger charge is 2.46. The third-order valence-electron chi connectivity index (χ3n) is 5.37. The summed E-state index contributed by atoms with van der Waals surface area (Å²) in [5.74, 6) is -0.909. The van der Waals surface area contributed by atoms with Gasteiger partial charge in [-0.15, -0.1) is 0 Å². The first kappa shape index (κ1) is 23.6. The summed E-state index contributed by atoms with van der Waals surface area (Å²) in [6.07, 6.45) is 0.538. The Hall–Kier alpha value is -3.03. The van der Waals surface area contributed by atoms with Crippen LogP contribution in [0.4, 0.5) is 0 Å². The van der Waals surface area contributed by atoms with Crippen LogP contribution >= 0.6 is 11.6 Å². The zero-order valence-corrected chi connectivity index (χ0v) is 19.2. The van der Waals surface area contributed by atoms with E-state index in [1.807, 2.05) is 6.92 Å². The van der Waals surface area contributed by atoms with Crippen molar-refractivity contribution in [1.29, 1.82) is 0 Å². The molecule has 7 nitrogen and oxygen atoms in total. The summed E-state index contributed by atoms with van der Waals surface area (Å²) in [5, 5.41) is 11.6. The number of aryl methyl sites for hydroxylation is 1. The van der Waals surface area contributed by atoms with E-state index in [0.717, 1.165) is 5.56 Å². The number of methoxy groups -OCH3 is 3. The number of carbonyl (C=O) groups excluding carboxylic acids is 2. The van der Waals surface area contributed by atoms with Crippen molar-refractivity contribution in [1.82, 2.24) is 4.90 Å². The zero-order valence-electron chi connectivity index (χ0n) is 18.5. The second kappa shape index (κ2) is 10.1. The second-order valence-electron chi connectivity index (χ2n) is 7.44. The number of aliphatic hydroxyl groups is 1. The molecular formula is C24H26ClNO6. The van der Waals surface area contributed by atoms with Crippen molar-refractivity contribution in [2.75, 3.05) is 34.5 Å². The Bertz CT molecular complexity index is 1050. The topological polar surface area (TPSA) is 85.3 Å². The van der Waals surface area contributed by atoms with E-state index >= 15 is 0 Å². The number of nitrogens with zero attached hydrogens (tertiary/aromatic N) is 1. The van der Waals surface area contributed by atoms with Crippen LogP contribution in [0, 0.1) is 6.92 Å². The molecule has 1 aliphatic rings. The number of benzene rings is 2. The quantitative estimate of drug-likeness (QED) is 0.276. The second-order valence-corrected chi connectivity index (χ2v) is 7.85. The average Bonchev–Trinajstić information content (AvgIpc) is 3.03. The third-order valence-corrected chi connectivity index (χ3v) is 5.65. The summed E-state index contributed by atoms with van der Waals surface area (Å²) >= 11 is 6.30. The van der Waals surface area contributed by atoms with Gasteiger partial charge >= 0.3 is 0 Å². The van der Waals surface area contributed by atoms with Gasteiger partial charge < -0.3 is 24.2 Å². The van der Waals surface area contributed by atoms with Crippen LogP contribution in [0.2, 0.25) is 5.02 Å². The first-order chi connectivity index (χ1) is 15.3. The number of hydrogen-bond donors (Lipinski definition) is 1. The smallest absolute Gasteiger partial charge is 0.295 e. The lowest BCUT2D eigenvalue weighted by Gasteiger charge is -2.25. The molecule has 0 spiro atoms. The van der Waals surface area contributed by atoms with Gasteiger partial charge in [-0.3, -0.25) is 9.59 Å². The van der Waals surface area contributed by atoms with Crippen molar-refractivity contribution >= 4 is 29.1 Å². The standard InChI is InChI=1S/C24H26ClNO6/c1-14-12-17(23(32-4)18(25)13-14)21(27)19-20(15-6-8-16(31-3)9-7-15)26(10-5-11-30-2)24(29)22(19)28/h6-9,12-13,20,27H,5,10-11H2,1-4H3/b21-19+. The molecule has 170 valence electrons. The number of ketones is 1. The molecule has 0 aromatic heterocycles. The van der Waals surface area contributed by atoms with Crippen LogP contribution in [-0.2, 0) is 14.3 Å². The van der Waals surface area contributed by atoms with Crippen LogP contribution in [0.3, 0.4) is 0 Å². The number of hydrogen-bond acceptors (Lipinski definition) is 6. The molecule has 0 saturated carbocycles. The summed E-state index contributed by atoms with van der Waals surface area (Å²) in [6, 6.07) is 9.62. The molecule has 1 N–H and O–H groups in total. The van der Waals surface area contributed by atoms with E-state index in [2.05, 4.69) is 0 Å². The predicted molar refractivity (Wildman–Crippen MR) is 121 cm³/mol. The number of aliphatic hydroxyl groups excluding tert-OH is 1. The average molecular weight is 460 g/mol. The predicted octanol–water partition coefficient (Wildman–Crippen LogP) is 4.12. The Morgan fingerprint density at radius 3 is 2.38 bits per heavy atom. The Balaban J connectivity index is 2.20. The molecule has 3 rings (SSSR count). The number of halogens is 1. The molecule has 1 unspecified atom stereocenters. The van der Waals surface area contributed by atoms with Crippen molar-refractivity contribution in [3.63, 3.8) is 0 Å². The largest absolute Gasteiger partial charge is 0.507 e. The van der Waals surface area contributed by atoms with Crippen LogP contribution < -0.4 is 9.47 Å². The molecule has 0 bridgehead atoms. The van der Waals surface area contributed by atoms with Gasteiger partial charge in [0.15, 0.2) is 0 Å². The van der Waals surface area contributed by atoms with Crippen LogP contribution in [0.5, 0.6) is 11.5 Å². The van der Waals surface area contributed by atoms with Gasteiger partial charge in [0.1, 0.15) is 17.3 Å². The van der Waals surface area contributed by atoms with Crippen molar-refractivity contribution in [3.8, 4) is 11.5 Å². The number of ether oxygens (including phenoxy) is 3. The maximum Gasteiger partial charge on any atom is 0.295 e. The normalized spacial score (nSPS) is 17.7. The number of amides is 1. The maximum absolute atomic E-state index is 13.1. The van der Waals surface area contributed by atoms with Crippen LogP contribution in [0.1, 0.15) is 29.2 Å². The van der Waals surface area contributed by atoms with E-state index in [1.165, 1.54) is 12.0 Å². The molecule has 1 saturated heterocycles. The van der Waals surface area contributed by atoms with Crippen LogP contribution in [0.15, 0.2) is 42.0 Å². The molecule has 1 heterocycles. The fourth-order valence-electron chi connectivity index (χ4n) is 3.88. The minimum atomic E-state index is -0.776. The molecule has 1 aliphatic heterocycles. The van der Waals surface area contributed by atoms with E-state index in [4.69, 9.17) is 25.8 Å². The third kappa shape index (κ3) is 4.45. The number of carbonyl (C=O) groups is 2. The first-order valence-electron chi connectivity index (χ1n) is 10.1. The molecule has 0 radical (unpaired) electrons. The Morgan fingerprint density at radius 2 is 1.78 bits per heavy atom. The molecule has 1 atom stereocenters. The van der Waals surface area contributed by atoms with Gasteiger partial charge in [0, 0.05) is 20.3 Å². The van der Waals surface area contributed by atoms with Gasteiger partial charge in [0.05, 0.1) is 36.4 Å². The first-order valence-corrected chi connectivity index (χ1v) is 10.5. The zero-order chi connectivity index (χ0) is 23.4. The summed E-state index contributed by atoms with van der Waals surface area (Å²) in [7, 11) is 4.56. The van der Waals surface area contributed by atoms with E-state index in [-0.39, 0.29) is 29.2 Å². The van der Waals surface area contributed by atoms with Gasteiger partial charge in [0.2, 0.25) is 0 Å². The molecule has 32 heavy (non-hydrogen) atoms. The van der Waals surface area contributed by atoms with Crippen LogP contribution in [0.25, 0.3) is 5.76 Å². The van der Waals surface area contributed by atoms with E-state index in [9.17, 15) is 14.7 Å². The van der Waals surface area contributed by atoms with E-state index in [0.29, 0.717) is 29.4 Å². The van der Waals surface area contributed by atoms with Gasteiger partial charge in [0.25, 0.3) is 11.7 Å². The fourth-order valence-corrected chi connectivity index (χ4v) is 4.23. The minimum Gasteiger partial charge on any atom is -0.507 e. The highest BCUT2D eigenvalue weighted by molar-refractivity contribution is 6.46. The lowest BCUT2D eigenvalue weighted by Crippen LogP contribution is -2.31. The maximum atomic E-state index is 13.1. The summed E-state index contributed by atoms with van der Waals surface area (Å²) < 4.78 is 15.7. The number of Topliss-reactive ketones (excluding diaryl/α,β-unsaturated/α-hetero) is 1. The molecule has 0 aliphatic carbocycles. The highest BCUT2D eigenvalue weighted by Crippen LogP contribution is 2.43. The number of likely N-dealkylation sites (tertiary alicyclic amines) is 1. The van der Waals surface area contributed by atoms with Crippen LogP contribution in [-0.4, -0.2) is 56.2 Å². The molecule has 2 aromatic carbocycles. The van der Waals surface area contributed by atoms with Gasteiger partial charge in [-0.2, -0.15) is 0 Å². The molecule has 1 fully saturated rings. The summed E-state index contributed by atoms with van der Waals surface area (Å²) in [4.78, 5) is 27.5. The minimum absolute atomic E-state index is 0.0162. The van der Waals surface area contributed by atoms with Crippen molar-refractivity contribution in [2.45, 2.75) is 19.4 Å². The van der Waals surface area contributed by atoms with Gasteiger partial charge in [-0.05, 0) is 48.7 Å². The lowest BCUT2D eigenvalue weighted by molar-refractivity contribution is -0.140.